The van der Waals surface area contributed by atoms with Crippen LogP contribution >= 0.6 is 0 Å². The van der Waals surface area contributed by atoms with Gasteiger partial charge < -0.3 is 10.5 Å². The molecular weight excluding hydrogens is 186 g/mol. The highest BCUT2D eigenvalue weighted by atomic mass is 16.5. The van der Waals surface area contributed by atoms with Crippen LogP contribution in [0.25, 0.3) is 0 Å². The highest BCUT2D eigenvalue weighted by molar-refractivity contribution is 5.32. The third kappa shape index (κ3) is 2.72. The van der Waals surface area contributed by atoms with Crippen LogP contribution in [-0.4, -0.2) is 6.61 Å². The molecular formula is C13H19NO. The summed E-state index contributed by atoms with van der Waals surface area (Å²) >= 11 is 0. The van der Waals surface area contributed by atoms with E-state index in [4.69, 9.17) is 10.5 Å². The second kappa shape index (κ2) is 5.17. The van der Waals surface area contributed by atoms with Crippen molar-refractivity contribution in [2.24, 2.45) is 11.7 Å². The summed E-state index contributed by atoms with van der Waals surface area (Å²) in [5, 5.41) is 0. The van der Waals surface area contributed by atoms with Crippen LogP contribution in [0.4, 0.5) is 0 Å². The van der Waals surface area contributed by atoms with Crippen molar-refractivity contribution >= 4 is 0 Å². The van der Waals surface area contributed by atoms with E-state index in [0.717, 1.165) is 23.8 Å². The van der Waals surface area contributed by atoms with Gasteiger partial charge in [0.2, 0.25) is 0 Å². The summed E-state index contributed by atoms with van der Waals surface area (Å²) < 4.78 is 5.83. The van der Waals surface area contributed by atoms with Gasteiger partial charge in [0, 0.05) is 12.1 Å². The van der Waals surface area contributed by atoms with Crippen LogP contribution < -0.4 is 10.5 Å². The molecule has 1 aliphatic carbocycles. The molecule has 0 bridgehead atoms. The van der Waals surface area contributed by atoms with Gasteiger partial charge in [-0.1, -0.05) is 31.0 Å². The first-order valence-electron chi connectivity index (χ1n) is 5.81. The summed E-state index contributed by atoms with van der Waals surface area (Å²) in [4.78, 5) is 0. The Kier molecular flexibility index (Phi) is 3.62. The molecule has 1 aliphatic rings. The molecule has 1 aromatic carbocycles. The average Bonchev–Trinajstić information content (AvgIpc) is 2.79. The number of hydrogen-bond donors (Lipinski definition) is 1. The van der Waals surface area contributed by atoms with Gasteiger partial charge in [0.1, 0.15) is 5.75 Å². The molecule has 0 aliphatic heterocycles. The summed E-state index contributed by atoms with van der Waals surface area (Å²) in [6, 6.07) is 8.05. The van der Waals surface area contributed by atoms with E-state index < -0.39 is 0 Å². The van der Waals surface area contributed by atoms with E-state index in [-0.39, 0.29) is 0 Å². The lowest BCUT2D eigenvalue weighted by Gasteiger charge is -2.13. The average molecular weight is 205 g/mol. The number of benzene rings is 1. The number of rotatable bonds is 4. The Labute approximate surface area is 91.4 Å². The molecule has 82 valence electrons. The van der Waals surface area contributed by atoms with Crippen LogP contribution in [0.15, 0.2) is 24.3 Å². The summed E-state index contributed by atoms with van der Waals surface area (Å²) in [7, 11) is 0. The first-order chi connectivity index (χ1) is 7.40. The second-order valence-corrected chi connectivity index (χ2v) is 4.27. The lowest BCUT2D eigenvalue weighted by Crippen LogP contribution is -2.10. The van der Waals surface area contributed by atoms with Gasteiger partial charge in [-0.15, -0.1) is 0 Å². The molecule has 2 nitrogen and oxygen atoms in total. The zero-order chi connectivity index (χ0) is 10.5. The molecule has 0 saturated heterocycles. The normalized spacial score (nSPS) is 16.9. The lowest BCUT2D eigenvalue weighted by molar-refractivity contribution is 0.250. The quantitative estimate of drug-likeness (QED) is 0.820. The van der Waals surface area contributed by atoms with Gasteiger partial charge in [0.05, 0.1) is 6.61 Å². The number of para-hydroxylation sites is 1. The fourth-order valence-electron chi connectivity index (χ4n) is 2.20. The Balaban J connectivity index is 1.91. The minimum Gasteiger partial charge on any atom is -0.493 e. The second-order valence-electron chi connectivity index (χ2n) is 4.27. The van der Waals surface area contributed by atoms with Crippen LogP contribution in [0.5, 0.6) is 5.75 Å². The summed E-state index contributed by atoms with van der Waals surface area (Å²) in [5.41, 5.74) is 6.76. The van der Waals surface area contributed by atoms with E-state index in [0.29, 0.717) is 6.54 Å². The Morgan fingerprint density at radius 1 is 1.20 bits per heavy atom. The van der Waals surface area contributed by atoms with Crippen molar-refractivity contribution in [3.8, 4) is 5.75 Å². The van der Waals surface area contributed by atoms with Crippen LogP contribution in [0.3, 0.4) is 0 Å². The van der Waals surface area contributed by atoms with Gasteiger partial charge in [0.15, 0.2) is 0 Å². The molecule has 0 heterocycles. The predicted octanol–water partition coefficient (Wildman–Crippen LogP) is 2.71. The summed E-state index contributed by atoms with van der Waals surface area (Å²) in [5.74, 6) is 1.72. The summed E-state index contributed by atoms with van der Waals surface area (Å²) in [6.45, 7) is 1.41. The van der Waals surface area contributed by atoms with Gasteiger partial charge in [-0.05, 0) is 24.8 Å². The Hall–Kier alpha value is -1.02. The lowest BCUT2D eigenvalue weighted by atomic mass is 10.1. The van der Waals surface area contributed by atoms with Crippen LogP contribution in [0.1, 0.15) is 31.2 Å². The maximum atomic E-state index is 5.83. The first-order valence-corrected chi connectivity index (χ1v) is 5.81. The monoisotopic (exact) mass is 205 g/mol. The van der Waals surface area contributed by atoms with Crippen molar-refractivity contribution in [1.29, 1.82) is 0 Å². The molecule has 0 unspecified atom stereocenters. The van der Waals surface area contributed by atoms with E-state index in [1.807, 2.05) is 24.3 Å². The number of hydrogen-bond acceptors (Lipinski definition) is 2. The minimum atomic E-state index is 0.556. The van der Waals surface area contributed by atoms with Crippen LogP contribution in [-0.2, 0) is 6.54 Å². The van der Waals surface area contributed by atoms with E-state index in [9.17, 15) is 0 Å². The topological polar surface area (TPSA) is 35.2 Å². The third-order valence-corrected chi connectivity index (χ3v) is 3.14. The minimum absolute atomic E-state index is 0.556. The zero-order valence-electron chi connectivity index (χ0n) is 9.11. The first kappa shape index (κ1) is 10.5. The molecule has 0 radical (unpaired) electrons. The molecule has 0 amide bonds. The van der Waals surface area contributed by atoms with Crippen molar-refractivity contribution in [3.05, 3.63) is 29.8 Å². The summed E-state index contributed by atoms with van der Waals surface area (Å²) in [6.07, 6.45) is 5.38. The fraction of sp³-hybridized carbons (Fsp3) is 0.538. The Morgan fingerprint density at radius 2 is 1.93 bits per heavy atom. The number of ether oxygens (including phenoxy) is 1. The van der Waals surface area contributed by atoms with Gasteiger partial charge in [-0.3, -0.25) is 0 Å². The zero-order valence-corrected chi connectivity index (χ0v) is 9.11. The largest absolute Gasteiger partial charge is 0.493 e. The molecule has 1 saturated carbocycles. The smallest absolute Gasteiger partial charge is 0.123 e. The van der Waals surface area contributed by atoms with Crippen molar-refractivity contribution in [2.75, 3.05) is 6.61 Å². The molecule has 2 heteroatoms. The van der Waals surface area contributed by atoms with Crippen LogP contribution in [0.2, 0.25) is 0 Å². The Morgan fingerprint density at radius 3 is 2.67 bits per heavy atom. The van der Waals surface area contributed by atoms with Crippen LogP contribution in [0, 0.1) is 5.92 Å². The van der Waals surface area contributed by atoms with Gasteiger partial charge in [-0.25, -0.2) is 0 Å². The molecule has 15 heavy (non-hydrogen) atoms. The van der Waals surface area contributed by atoms with E-state index in [1.165, 1.54) is 25.7 Å². The van der Waals surface area contributed by atoms with Gasteiger partial charge >= 0.3 is 0 Å². The highest BCUT2D eigenvalue weighted by Gasteiger charge is 2.15. The highest BCUT2D eigenvalue weighted by Crippen LogP contribution is 2.26. The maximum Gasteiger partial charge on any atom is 0.123 e. The maximum absolute atomic E-state index is 5.83. The van der Waals surface area contributed by atoms with Crippen molar-refractivity contribution in [1.82, 2.24) is 0 Å². The molecule has 2 rings (SSSR count). The molecule has 0 atom stereocenters. The van der Waals surface area contributed by atoms with E-state index >= 15 is 0 Å². The predicted molar refractivity (Wildman–Crippen MR) is 61.8 cm³/mol. The van der Waals surface area contributed by atoms with Crippen molar-refractivity contribution in [2.45, 2.75) is 32.2 Å². The molecule has 0 spiro atoms. The van der Waals surface area contributed by atoms with E-state index in [1.54, 1.807) is 0 Å². The number of nitrogens with two attached hydrogens (primary N) is 1. The molecule has 1 fully saturated rings. The SMILES string of the molecule is NCc1ccccc1OCC1CCCC1. The van der Waals surface area contributed by atoms with Gasteiger partial charge in [-0.2, -0.15) is 0 Å². The van der Waals surface area contributed by atoms with Gasteiger partial charge in [0.25, 0.3) is 0 Å². The fourth-order valence-corrected chi connectivity index (χ4v) is 2.20. The van der Waals surface area contributed by atoms with Crippen molar-refractivity contribution < 1.29 is 4.74 Å². The molecule has 0 aromatic heterocycles. The molecule has 1 aromatic rings. The van der Waals surface area contributed by atoms with E-state index in [2.05, 4.69) is 0 Å². The van der Waals surface area contributed by atoms with Crippen molar-refractivity contribution in [3.63, 3.8) is 0 Å². The molecule has 2 N–H and O–H groups in total. The third-order valence-electron chi connectivity index (χ3n) is 3.14. The standard InChI is InChI=1S/C13H19NO/c14-9-12-7-3-4-8-13(12)15-10-11-5-1-2-6-11/h3-4,7-8,11H,1-2,5-6,9-10,14H2. The Bertz CT molecular complexity index is 305.